The number of carbonyl (C=O) groups excluding carboxylic acids is 1. The Balaban J connectivity index is 1.45. The second-order valence-corrected chi connectivity index (χ2v) is 5.38. The van der Waals surface area contributed by atoms with Crippen LogP contribution in [0.15, 0.2) is 54.7 Å². The molecule has 118 valence electrons. The van der Waals surface area contributed by atoms with Crippen LogP contribution in [0.1, 0.15) is 15.9 Å². The molecule has 0 aliphatic carbocycles. The molecule has 1 aromatic heterocycles. The van der Waals surface area contributed by atoms with Crippen LogP contribution in [0.3, 0.4) is 0 Å². The van der Waals surface area contributed by atoms with Gasteiger partial charge >= 0.3 is 0 Å². The van der Waals surface area contributed by atoms with Crippen molar-refractivity contribution in [3.63, 3.8) is 0 Å². The van der Waals surface area contributed by atoms with Crippen molar-refractivity contribution in [1.29, 1.82) is 0 Å². The Labute approximate surface area is 133 Å². The largest absolute Gasteiger partial charge is 0.361 e. The maximum atomic E-state index is 13.5. The van der Waals surface area contributed by atoms with E-state index in [4.69, 9.17) is 0 Å². The van der Waals surface area contributed by atoms with Gasteiger partial charge < -0.3 is 15.6 Å². The maximum Gasteiger partial charge on any atom is 0.254 e. The average molecular weight is 312 g/mol. The van der Waals surface area contributed by atoms with Gasteiger partial charge in [0.05, 0.1) is 18.7 Å². The zero-order valence-electron chi connectivity index (χ0n) is 12.7. The van der Waals surface area contributed by atoms with E-state index in [1.807, 2.05) is 24.4 Å². The molecule has 0 radical (unpaired) electrons. The van der Waals surface area contributed by atoms with Crippen molar-refractivity contribution in [3.05, 3.63) is 71.7 Å². The SMILES string of the molecule is O=C(NCC[NH2+]Cc1c[nH]c2ccccc12)c1ccccc1F. The molecule has 1 heterocycles. The van der Waals surface area contributed by atoms with Crippen molar-refractivity contribution >= 4 is 16.8 Å². The molecule has 0 atom stereocenters. The minimum Gasteiger partial charge on any atom is -0.361 e. The fraction of sp³-hybridized carbons (Fsp3) is 0.167. The number of fused-ring (bicyclic) bond motifs is 1. The number of para-hydroxylation sites is 1. The summed E-state index contributed by atoms with van der Waals surface area (Å²) in [5.41, 5.74) is 2.45. The molecule has 0 saturated carbocycles. The molecule has 0 aliphatic heterocycles. The summed E-state index contributed by atoms with van der Waals surface area (Å²) < 4.78 is 13.5. The molecular weight excluding hydrogens is 293 g/mol. The topological polar surface area (TPSA) is 61.5 Å². The van der Waals surface area contributed by atoms with Crippen LogP contribution >= 0.6 is 0 Å². The lowest BCUT2D eigenvalue weighted by Gasteiger charge is -2.05. The zero-order chi connectivity index (χ0) is 16.1. The number of nitrogens with one attached hydrogen (secondary N) is 2. The number of aromatic nitrogens is 1. The first kappa shape index (κ1) is 15.2. The second kappa shape index (κ2) is 7.07. The average Bonchev–Trinajstić information content (AvgIpc) is 2.98. The number of hydrogen-bond donors (Lipinski definition) is 3. The van der Waals surface area contributed by atoms with Gasteiger partial charge in [0.2, 0.25) is 0 Å². The van der Waals surface area contributed by atoms with Crippen LogP contribution in [-0.4, -0.2) is 24.0 Å². The summed E-state index contributed by atoms with van der Waals surface area (Å²) in [4.78, 5) is 15.1. The summed E-state index contributed by atoms with van der Waals surface area (Å²) in [6.45, 7) is 2.06. The van der Waals surface area contributed by atoms with Crippen molar-refractivity contribution in [2.24, 2.45) is 0 Å². The summed E-state index contributed by atoms with van der Waals surface area (Å²) in [6.07, 6.45) is 2.01. The highest BCUT2D eigenvalue weighted by Gasteiger charge is 2.10. The Bertz CT molecular complexity index is 813. The molecule has 0 fully saturated rings. The molecule has 0 bridgehead atoms. The molecule has 0 unspecified atom stereocenters. The molecule has 3 aromatic rings. The number of H-pyrrole nitrogens is 1. The number of amides is 1. The lowest BCUT2D eigenvalue weighted by molar-refractivity contribution is -0.668. The molecule has 4 nitrogen and oxygen atoms in total. The number of halogens is 1. The summed E-state index contributed by atoms with van der Waals surface area (Å²) >= 11 is 0. The molecular formula is C18H19FN3O+. The van der Waals surface area contributed by atoms with Gasteiger partial charge in [0.25, 0.3) is 5.91 Å². The summed E-state index contributed by atoms with van der Waals surface area (Å²) in [5, 5.41) is 6.08. The minimum absolute atomic E-state index is 0.0872. The fourth-order valence-electron chi connectivity index (χ4n) is 2.59. The van der Waals surface area contributed by atoms with E-state index in [-0.39, 0.29) is 11.5 Å². The first-order chi connectivity index (χ1) is 11.3. The number of carbonyl (C=O) groups is 1. The predicted octanol–water partition coefficient (Wildman–Crippen LogP) is 1.80. The molecule has 1 amide bonds. The van der Waals surface area contributed by atoms with Gasteiger partial charge in [-0.2, -0.15) is 0 Å². The molecule has 3 rings (SSSR count). The number of nitrogens with two attached hydrogens (primary N) is 1. The van der Waals surface area contributed by atoms with Gasteiger partial charge in [-0.05, 0) is 18.2 Å². The Kier molecular flexibility index (Phi) is 4.68. The van der Waals surface area contributed by atoms with Crippen LogP contribution in [0.4, 0.5) is 4.39 Å². The highest BCUT2D eigenvalue weighted by atomic mass is 19.1. The van der Waals surface area contributed by atoms with Crippen LogP contribution < -0.4 is 10.6 Å². The molecule has 0 spiro atoms. The Morgan fingerprint density at radius 1 is 1.13 bits per heavy atom. The smallest absolute Gasteiger partial charge is 0.254 e. The van der Waals surface area contributed by atoms with E-state index < -0.39 is 5.82 Å². The second-order valence-electron chi connectivity index (χ2n) is 5.38. The molecule has 4 N–H and O–H groups in total. The molecule has 0 aliphatic rings. The van der Waals surface area contributed by atoms with Crippen molar-refractivity contribution in [3.8, 4) is 0 Å². The van der Waals surface area contributed by atoms with Crippen LogP contribution in [0, 0.1) is 5.82 Å². The van der Waals surface area contributed by atoms with E-state index in [0.29, 0.717) is 6.54 Å². The summed E-state index contributed by atoms with van der Waals surface area (Å²) in [5.74, 6) is -0.864. The Hall–Kier alpha value is -2.66. The van der Waals surface area contributed by atoms with E-state index in [0.717, 1.165) is 18.6 Å². The van der Waals surface area contributed by atoms with Gasteiger partial charge in [0.15, 0.2) is 0 Å². The highest BCUT2D eigenvalue weighted by Crippen LogP contribution is 2.16. The van der Waals surface area contributed by atoms with Gasteiger partial charge in [-0.25, -0.2) is 4.39 Å². The first-order valence-corrected chi connectivity index (χ1v) is 7.65. The minimum atomic E-state index is -0.493. The number of quaternary nitrogens is 1. The lowest BCUT2D eigenvalue weighted by atomic mass is 10.2. The van der Waals surface area contributed by atoms with E-state index in [1.54, 1.807) is 12.1 Å². The van der Waals surface area contributed by atoms with Crippen molar-refractivity contribution in [2.45, 2.75) is 6.54 Å². The lowest BCUT2D eigenvalue weighted by Crippen LogP contribution is -2.84. The van der Waals surface area contributed by atoms with Gasteiger partial charge in [0.1, 0.15) is 12.4 Å². The standard InChI is InChI=1S/C18H18FN3O/c19-16-7-3-1-6-15(16)18(23)21-10-9-20-11-13-12-22-17-8-4-2-5-14(13)17/h1-8,12,20,22H,9-11H2,(H,21,23)/p+1. The van der Waals surface area contributed by atoms with Crippen molar-refractivity contribution in [1.82, 2.24) is 10.3 Å². The zero-order valence-corrected chi connectivity index (χ0v) is 12.7. The highest BCUT2D eigenvalue weighted by molar-refractivity contribution is 5.94. The Morgan fingerprint density at radius 2 is 1.91 bits per heavy atom. The van der Waals surface area contributed by atoms with E-state index in [9.17, 15) is 9.18 Å². The number of benzene rings is 2. The van der Waals surface area contributed by atoms with Gasteiger partial charge in [0, 0.05) is 22.7 Å². The summed E-state index contributed by atoms with van der Waals surface area (Å²) in [7, 11) is 0. The number of hydrogen-bond acceptors (Lipinski definition) is 1. The fourth-order valence-corrected chi connectivity index (χ4v) is 2.59. The van der Waals surface area contributed by atoms with E-state index >= 15 is 0 Å². The van der Waals surface area contributed by atoms with Gasteiger partial charge in [-0.15, -0.1) is 0 Å². The quantitative estimate of drug-likeness (QED) is 0.597. The van der Waals surface area contributed by atoms with Gasteiger partial charge in [-0.3, -0.25) is 4.79 Å². The van der Waals surface area contributed by atoms with E-state index in [1.165, 1.54) is 23.1 Å². The van der Waals surface area contributed by atoms with Crippen LogP contribution in [-0.2, 0) is 6.54 Å². The van der Waals surface area contributed by atoms with E-state index in [2.05, 4.69) is 21.7 Å². The first-order valence-electron chi connectivity index (χ1n) is 7.65. The van der Waals surface area contributed by atoms with Crippen LogP contribution in [0.2, 0.25) is 0 Å². The molecule has 2 aromatic carbocycles. The predicted molar refractivity (Wildman–Crippen MR) is 87.5 cm³/mol. The van der Waals surface area contributed by atoms with Gasteiger partial charge in [-0.1, -0.05) is 30.3 Å². The molecule has 5 heteroatoms. The Morgan fingerprint density at radius 3 is 2.78 bits per heavy atom. The summed E-state index contributed by atoms with van der Waals surface area (Å²) in [6, 6.07) is 14.2. The van der Waals surface area contributed by atoms with Crippen molar-refractivity contribution < 1.29 is 14.5 Å². The normalized spacial score (nSPS) is 10.8. The van der Waals surface area contributed by atoms with Crippen LogP contribution in [0.5, 0.6) is 0 Å². The third kappa shape index (κ3) is 3.57. The third-order valence-corrected chi connectivity index (χ3v) is 3.79. The van der Waals surface area contributed by atoms with Crippen molar-refractivity contribution in [2.75, 3.05) is 13.1 Å². The number of aromatic amines is 1. The van der Waals surface area contributed by atoms with Crippen LogP contribution in [0.25, 0.3) is 10.9 Å². The molecule has 23 heavy (non-hydrogen) atoms. The number of rotatable bonds is 6. The molecule has 0 saturated heterocycles. The maximum absolute atomic E-state index is 13.5. The monoisotopic (exact) mass is 312 g/mol. The third-order valence-electron chi connectivity index (χ3n) is 3.79.